The lowest BCUT2D eigenvalue weighted by atomic mass is 10.1. The normalized spacial score (nSPS) is 14.1. The Morgan fingerprint density at radius 3 is 2.72 bits per heavy atom. The first-order valence-electron chi connectivity index (χ1n) is 5.47. The molecule has 6 heteroatoms. The fourth-order valence-corrected chi connectivity index (χ4v) is 1.54. The first kappa shape index (κ1) is 14.5. The third-order valence-electron chi connectivity index (χ3n) is 2.57. The molecule has 0 saturated carbocycles. The maximum absolute atomic E-state index is 13.5. The summed E-state index contributed by atoms with van der Waals surface area (Å²) in [5.41, 5.74) is 5.41. The first-order valence-corrected chi connectivity index (χ1v) is 5.47. The number of carbonyl (C=O) groups is 1. The summed E-state index contributed by atoms with van der Waals surface area (Å²) in [6, 6.07) is 2.41. The predicted octanol–water partition coefficient (Wildman–Crippen LogP) is 1.12. The van der Waals surface area contributed by atoms with Gasteiger partial charge in [-0.15, -0.1) is 0 Å². The number of nitrogens with two attached hydrogens (primary N) is 1. The van der Waals surface area contributed by atoms with Crippen molar-refractivity contribution in [2.24, 2.45) is 5.73 Å². The minimum absolute atomic E-state index is 0.0146. The van der Waals surface area contributed by atoms with Crippen LogP contribution in [0.1, 0.15) is 18.5 Å². The molecular formula is C12H16F2N2O2. The van der Waals surface area contributed by atoms with Gasteiger partial charge >= 0.3 is 0 Å². The van der Waals surface area contributed by atoms with Crippen molar-refractivity contribution in [3.63, 3.8) is 0 Å². The molecule has 2 atom stereocenters. The third kappa shape index (κ3) is 3.48. The van der Waals surface area contributed by atoms with Gasteiger partial charge in [0, 0.05) is 19.2 Å². The molecule has 0 aliphatic rings. The second-order valence-corrected chi connectivity index (χ2v) is 3.86. The average Bonchev–Trinajstić information content (AvgIpc) is 2.33. The summed E-state index contributed by atoms with van der Waals surface area (Å²) < 4.78 is 31.3. The van der Waals surface area contributed by atoms with Gasteiger partial charge in [-0.1, -0.05) is 0 Å². The van der Waals surface area contributed by atoms with Gasteiger partial charge in [0.05, 0.1) is 6.04 Å². The lowest BCUT2D eigenvalue weighted by molar-refractivity contribution is -0.131. The molecule has 0 heterocycles. The summed E-state index contributed by atoms with van der Waals surface area (Å²) in [6.45, 7) is 1.57. The molecule has 2 unspecified atom stereocenters. The van der Waals surface area contributed by atoms with Crippen molar-refractivity contribution in [3.05, 3.63) is 35.4 Å². The van der Waals surface area contributed by atoms with Crippen LogP contribution in [0.4, 0.5) is 8.78 Å². The van der Waals surface area contributed by atoms with Gasteiger partial charge in [0.15, 0.2) is 0 Å². The molecule has 0 aliphatic carbocycles. The van der Waals surface area contributed by atoms with Crippen LogP contribution in [-0.4, -0.2) is 25.7 Å². The largest absolute Gasteiger partial charge is 0.370 e. The zero-order valence-corrected chi connectivity index (χ0v) is 10.2. The van der Waals surface area contributed by atoms with Crippen molar-refractivity contribution in [2.45, 2.75) is 19.1 Å². The minimum atomic E-state index is -0.802. The molecule has 1 amide bonds. The van der Waals surface area contributed by atoms with E-state index in [2.05, 4.69) is 5.32 Å². The van der Waals surface area contributed by atoms with E-state index in [1.807, 2.05) is 0 Å². The highest BCUT2D eigenvalue weighted by molar-refractivity contribution is 5.81. The van der Waals surface area contributed by atoms with Crippen molar-refractivity contribution < 1.29 is 18.3 Å². The number of methoxy groups -OCH3 is 1. The molecule has 3 N–H and O–H groups in total. The lowest BCUT2D eigenvalue weighted by Crippen LogP contribution is -2.41. The Bertz CT molecular complexity index is 423. The van der Waals surface area contributed by atoms with Crippen LogP contribution in [-0.2, 0) is 9.53 Å². The van der Waals surface area contributed by atoms with Crippen LogP contribution >= 0.6 is 0 Å². The van der Waals surface area contributed by atoms with Gasteiger partial charge in [-0.3, -0.25) is 4.79 Å². The zero-order chi connectivity index (χ0) is 13.7. The Hall–Kier alpha value is -1.53. The van der Waals surface area contributed by atoms with E-state index in [0.29, 0.717) is 0 Å². The Kier molecular flexibility index (Phi) is 5.18. The van der Waals surface area contributed by atoms with Crippen LogP contribution < -0.4 is 11.1 Å². The maximum Gasteiger partial charge on any atom is 0.250 e. The monoisotopic (exact) mass is 258 g/mol. The molecule has 0 fully saturated rings. The van der Waals surface area contributed by atoms with Crippen LogP contribution in [0.25, 0.3) is 0 Å². The van der Waals surface area contributed by atoms with E-state index in [4.69, 9.17) is 10.5 Å². The number of hydrogen-bond donors (Lipinski definition) is 2. The van der Waals surface area contributed by atoms with Gasteiger partial charge in [-0.2, -0.15) is 0 Å². The van der Waals surface area contributed by atoms with E-state index in [9.17, 15) is 13.6 Å². The number of ether oxygens (including phenoxy) is 1. The summed E-state index contributed by atoms with van der Waals surface area (Å²) in [6.07, 6.45) is -0.802. The van der Waals surface area contributed by atoms with Crippen LogP contribution in [0, 0.1) is 11.6 Å². The molecule has 0 radical (unpaired) electrons. The molecule has 0 saturated heterocycles. The quantitative estimate of drug-likeness (QED) is 0.831. The van der Waals surface area contributed by atoms with Gasteiger partial charge in [0.25, 0.3) is 5.91 Å². The summed E-state index contributed by atoms with van der Waals surface area (Å²) in [5, 5.41) is 2.52. The van der Waals surface area contributed by atoms with Gasteiger partial charge < -0.3 is 15.8 Å². The molecule has 1 aromatic carbocycles. The second kappa shape index (κ2) is 6.42. The van der Waals surface area contributed by atoms with E-state index in [1.54, 1.807) is 6.92 Å². The van der Waals surface area contributed by atoms with E-state index >= 15 is 0 Å². The Labute approximate surface area is 104 Å². The fraction of sp³-hybridized carbons (Fsp3) is 0.417. The number of benzene rings is 1. The molecule has 100 valence electrons. The standard InChI is InChI=1S/C12H16F2N2O2/c1-7(16-12(17)11(6-15)18-2)9-5-8(13)3-4-10(9)14/h3-5,7,11H,6,15H2,1-2H3,(H,16,17). The molecule has 1 rings (SSSR count). The van der Waals surface area contributed by atoms with Gasteiger partial charge in [-0.25, -0.2) is 8.78 Å². The zero-order valence-electron chi connectivity index (χ0n) is 10.2. The van der Waals surface area contributed by atoms with Crippen molar-refractivity contribution in [1.29, 1.82) is 0 Å². The molecule has 0 bridgehead atoms. The molecule has 1 aromatic rings. The van der Waals surface area contributed by atoms with Crippen LogP contribution in [0.15, 0.2) is 18.2 Å². The molecule has 0 aliphatic heterocycles. The highest BCUT2D eigenvalue weighted by Crippen LogP contribution is 2.18. The highest BCUT2D eigenvalue weighted by Gasteiger charge is 2.20. The lowest BCUT2D eigenvalue weighted by Gasteiger charge is -2.19. The van der Waals surface area contributed by atoms with Crippen LogP contribution in [0.5, 0.6) is 0 Å². The maximum atomic E-state index is 13.5. The molecule has 0 aromatic heterocycles. The Morgan fingerprint density at radius 2 is 2.17 bits per heavy atom. The summed E-state index contributed by atoms with van der Waals surface area (Å²) in [4.78, 5) is 11.7. The summed E-state index contributed by atoms with van der Waals surface area (Å²) in [7, 11) is 1.35. The number of amides is 1. The van der Waals surface area contributed by atoms with Crippen molar-refractivity contribution >= 4 is 5.91 Å². The van der Waals surface area contributed by atoms with E-state index < -0.39 is 29.7 Å². The SMILES string of the molecule is COC(CN)C(=O)NC(C)c1cc(F)ccc1F. The number of nitrogens with one attached hydrogen (secondary N) is 1. The molecule has 4 nitrogen and oxygen atoms in total. The smallest absolute Gasteiger partial charge is 0.250 e. The number of halogens is 2. The third-order valence-corrected chi connectivity index (χ3v) is 2.57. The fourth-order valence-electron chi connectivity index (χ4n) is 1.54. The topological polar surface area (TPSA) is 64.3 Å². The van der Waals surface area contributed by atoms with E-state index in [1.165, 1.54) is 7.11 Å². The van der Waals surface area contributed by atoms with Gasteiger partial charge in [-0.05, 0) is 25.1 Å². The average molecular weight is 258 g/mol. The number of rotatable bonds is 5. The molecule has 0 spiro atoms. The van der Waals surface area contributed by atoms with Gasteiger partial charge in [0.1, 0.15) is 17.7 Å². The van der Waals surface area contributed by atoms with E-state index in [-0.39, 0.29) is 12.1 Å². The first-order chi connectivity index (χ1) is 8.49. The number of carbonyl (C=O) groups excluding carboxylic acids is 1. The number of hydrogen-bond acceptors (Lipinski definition) is 3. The van der Waals surface area contributed by atoms with Gasteiger partial charge in [0.2, 0.25) is 0 Å². The van der Waals surface area contributed by atoms with E-state index in [0.717, 1.165) is 18.2 Å². The predicted molar refractivity (Wildman–Crippen MR) is 62.8 cm³/mol. The van der Waals surface area contributed by atoms with Crippen molar-refractivity contribution in [2.75, 3.05) is 13.7 Å². The highest BCUT2D eigenvalue weighted by atomic mass is 19.1. The summed E-state index contributed by atoms with van der Waals surface area (Å²) in [5.74, 6) is -1.60. The van der Waals surface area contributed by atoms with Crippen molar-refractivity contribution in [3.8, 4) is 0 Å². The second-order valence-electron chi connectivity index (χ2n) is 3.86. The van der Waals surface area contributed by atoms with Crippen LogP contribution in [0.2, 0.25) is 0 Å². The molecule has 18 heavy (non-hydrogen) atoms. The Morgan fingerprint density at radius 1 is 1.50 bits per heavy atom. The summed E-state index contributed by atoms with van der Waals surface area (Å²) >= 11 is 0. The van der Waals surface area contributed by atoms with Crippen LogP contribution in [0.3, 0.4) is 0 Å². The Balaban J connectivity index is 2.79. The van der Waals surface area contributed by atoms with Crippen molar-refractivity contribution in [1.82, 2.24) is 5.32 Å². The molecular weight excluding hydrogens is 242 g/mol. The minimum Gasteiger partial charge on any atom is -0.370 e.